The summed E-state index contributed by atoms with van der Waals surface area (Å²) in [5.74, 6) is 1.14. The fraction of sp³-hybridized carbons (Fsp3) is 0. The average Bonchev–Trinajstić information content (AvgIpc) is 3.39. The number of hydrogen-bond acceptors (Lipinski definition) is 7. The number of furan rings is 1. The molecule has 0 aliphatic rings. The minimum absolute atomic E-state index is 0.0615. The monoisotopic (exact) mass is 389 g/mol. The van der Waals surface area contributed by atoms with E-state index in [-0.39, 0.29) is 5.69 Å². The second kappa shape index (κ2) is 6.39. The number of para-hydroxylation sites is 1. The van der Waals surface area contributed by atoms with Gasteiger partial charge < -0.3 is 4.42 Å². The number of nitro benzene ring substituents is 1. The maximum atomic E-state index is 10.7. The summed E-state index contributed by atoms with van der Waals surface area (Å²) in [4.78, 5) is 11.0. The van der Waals surface area contributed by atoms with Crippen LogP contribution in [0.2, 0.25) is 0 Å². The van der Waals surface area contributed by atoms with Crippen molar-refractivity contribution in [2.24, 2.45) is 0 Å². The van der Waals surface area contributed by atoms with Gasteiger partial charge >= 0.3 is 0 Å². The predicted octanol–water partition coefficient (Wildman–Crippen LogP) is 4.68. The van der Waals surface area contributed by atoms with Gasteiger partial charge in [0.1, 0.15) is 10.6 Å². The van der Waals surface area contributed by atoms with Crippen LogP contribution in [0.25, 0.3) is 39.7 Å². The lowest BCUT2D eigenvalue weighted by atomic mass is 10.2. The second-order valence-corrected chi connectivity index (χ2v) is 6.98. The summed E-state index contributed by atoms with van der Waals surface area (Å²) >= 11 is 1.39. The van der Waals surface area contributed by atoms with E-state index in [1.54, 1.807) is 16.6 Å². The number of nitrogens with zero attached hydrogens (tertiary/aromatic N) is 5. The Morgan fingerprint density at radius 2 is 1.89 bits per heavy atom. The minimum atomic E-state index is -0.421. The third-order valence-electron chi connectivity index (χ3n) is 4.17. The van der Waals surface area contributed by atoms with Gasteiger partial charge in [0, 0.05) is 17.5 Å². The van der Waals surface area contributed by atoms with Gasteiger partial charge in [-0.2, -0.15) is 9.61 Å². The van der Waals surface area contributed by atoms with Crippen molar-refractivity contribution < 1.29 is 9.34 Å². The first kappa shape index (κ1) is 16.3. The Balaban J connectivity index is 1.46. The van der Waals surface area contributed by atoms with Crippen LogP contribution in [0, 0.1) is 10.1 Å². The van der Waals surface area contributed by atoms with Crippen molar-refractivity contribution in [2.45, 2.75) is 0 Å². The summed E-state index contributed by atoms with van der Waals surface area (Å²) in [5.41, 5.74) is 1.68. The Hall–Kier alpha value is -3.85. The Kier molecular flexibility index (Phi) is 3.73. The van der Waals surface area contributed by atoms with Gasteiger partial charge in [0.2, 0.25) is 10.8 Å². The van der Waals surface area contributed by atoms with Crippen molar-refractivity contribution in [3.05, 3.63) is 75.3 Å². The molecule has 28 heavy (non-hydrogen) atoms. The molecule has 0 atom stereocenters. The van der Waals surface area contributed by atoms with Crippen LogP contribution in [0.5, 0.6) is 0 Å². The Morgan fingerprint density at radius 1 is 1.07 bits per heavy atom. The lowest BCUT2D eigenvalue weighted by Crippen LogP contribution is -1.89. The zero-order valence-corrected chi connectivity index (χ0v) is 15.0. The summed E-state index contributed by atoms with van der Waals surface area (Å²) in [6.45, 7) is 0. The van der Waals surface area contributed by atoms with E-state index >= 15 is 0 Å². The minimum Gasteiger partial charge on any atom is -0.453 e. The first-order chi connectivity index (χ1) is 13.7. The Labute approximate surface area is 161 Å². The molecule has 5 aromatic rings. The van der Waals surface area contributed by atoms with Gasteiger partial charge in [-0.3, -0.25) is 10.1 Å². The third-order valence-corrected chi connectivity index (χ3v) is 5.04. The molecule has 0 unspecified atom stereocenters. The average molecular weight is 389 g/mol. The highest BCUT2D eigenvalue weighted by atomic mass is 32.1. The van der Waals surface area contributed by atoms with E-state index in [1.807, 2.05) is 42.5 Å². The van der Waals surface area contributed by atoms with Gasteiger partial charge in [-0.15, -0.1) is 10.2 Å². The molecular formula is C19H11N5O3S. The number of nitro groups is 1. The normalized spacial score (nSPS) is 11.7. The number of aromatic nitrogens is 4. The summed E-state index contributed by atoms with van der Waals surface area (Å²) in [5, 5.41) is 25.3. The molecule has 0 saturated carbocycles. The third kappa shape index (κ3) is 2.83. The van der Waals surface area contributed by atoms with E-state index in [0.717, 1.165) is 21.5 Å². The molecular weight excluding hydrogens is 378 g/mol. The van der Waals surface area contributed by atoms with Gasteiger partial charge in [0.15, 0.2) is 5.76 Å². The van der Waals surface area contributed by atoms with E-state index in [2.05, 4.69) is 15.3 Å². The van der Waals surface area contributed by atoms with Crippen LogP contribution in [-0.2, 0) is 0 Å². The Morgan fingerprint density at radius 3 is 2.68 bits per heavy atom. The summed E-state index contributed by atoms with van der Waals surface area (Å²) in [6, 6.07) is 16.0. The van der Waals surface area contributed by atoms with Gasteiger partial charge in [-0.1, -0.05) is 35.6 Å². The first-order valence-electron chi connectivity index (χ1n) is 8.31. The molecule has 0 N–H and O–H groups in total. The molecule has 0 saturated heterocycles. The molecule has 0 spiro atoms. The molecule has 0 aliphatic heterocycles. The Bertz CT molecular complexity index is 1310. The molecule has 3 heterocycles. The van der Waals surface area contributed by atoms with Crippen molar-refractivity contribution in [3.8, 4) is 11.6 Å². The zero-order valence-electron chi connectivity index (χ0n) is 14.2. The van der Waals surface area contributed by atoms with Crippen molar-refractivity contribution in [2.75, 3.05) is 0 Å². The van der Waals surface area contributed by atoms with E-state index in [4.69, 9.17) is 4.42 Å². The van der Waals surface area contributed by atoms with Gasteiger partial charge in [-0.25, -0.2) is 0 Å². The fourth-order valence-corrected chi connectivity index (χ4v) is 3.56. The van der Waals surface area contributed by atoms with Crippen LogP contribution in [-0.4, -0.2) is 24.7 Å². The van der Waals surface area contributed by atoms with E-state index in [9.17, 15) is 10.1 Å². The highest BCUT2D eigenvalue weighted by Crippen LogP contribution is 2.28. The highest BCUT2D eigenvalue weighted by molar-refractivity contribution is 7.17. The van der Waals surface area contributed by atoms with E-state index in [0.29, 0.717) is 16.5 Å². The summed E-state index contributed by atoms with van der Waals surface area (Å²) < 4.78 is 7.51. The molecule has 0 fully saturated rings. The molecule has 136 valence electrons. The van der Waals surface area contributed by atoms with Crippen molar-refractivity contribution in [1.82, 2.24) is 19.8 Å². The van der Waals surface area contributed by atoms with Crippen molar-refractivity contribution >= 4 is 45.1 Å². The van der Waals surface area contributed by atoms with Crippen LogP contribution in [0.1, 0.15) is 10.6 Å². The lowest BCUT2D eigenvalue weighted by Gasteiger charge is -1.93. The smallest absolute Gasteiger partial charge is 0.269 e. The fourth-order valence-electron chi connectivity index (χ4n) is 2.82. The summed E-state index contributed by atoms with van der Waals surface area (Å²) in [7, 11) is 0. The van der Waals surface area contributed by atoms with Crippen LogP contribution in [0.4, 0.5) is 5.69 Å². The molecule has 0 bridgehead atoms. The topological polar surface area (TPSA) is 99.4 Å². The molecule has 0 amide bonds. The zero-order chi connectivity index (χ0) is 19.1. The summed E-state index contributed by atoms with van der Waals surface area (Å²) in [6.07, 6.45) is 3.68. The number of non-ortho nitro benzene ring substituents is 1. The number of hydrogen-bond donors (Lipinski definition) is 0. The van der Waals surface area contributed by atoms with Crippen LogP contribution >= 0.6 is 11.3 Å². The lowest BCUT2D eigenvalue weighted by molar-refractivity contribution is -0.384. The van der Waals surface area contributed by atoms with Gasteiger partial charge in [-0.05, 0) is 35.9 Å². The molecule has 5 rings (SSSR count). The number of fused-ring (bicyclic) bond motifs is 2. The first-order valence-corrected chi connectivity index (χ1v) is 9.13. The predicted molar refractivity (Wildman–Crippen MR) is 106 cm³/mol. The maximum absolute atomic E-state index is 10.7. The number of benzene rings is 2. The standard InChI is InChI=1S/C19H11N5O3S/c25-24(26)14-8-5-12(6-9-14)7-10-17-22-23-18(20-21-19(23)28-17)16-11-13-3-1-2-4-15(13)27-16/h1-11H/b10-7+. The molecule has 2 aromatic carbocycles. The molecule has 0 aliphatic carbocycles. The van der Waals surface area contributed by atoms with Crippen LogP contribution in [0.15, 0.2) is 59.0 Å². The van der Waals surface area contributed by atoms with Crippen LogP contribution in [0.3, 0.4) is 0 Å². The quantitative estimate of drug-likeness (QED) is 0.327. The molecule has 8 nitrogen and oxygen atoms in total. The van der Waals surface area contributed by atoms with E-state index < -0.39 is 4.92 Å². The maximum Gasteiger partial charge on any atom is 0.269 e. The molecule has 9 heteroatoms. The van der Waals surface area contributed by atoms with Crippen molar-refractivity contribution in [1.29, 1.82) is 0 Å². The van der Waals surface area contributed by atoms with Gasteiger partial charge in [0.25, 0.3) is 5.69 Å². The second-order valence-electron chi connectivity index (χ2n) is 5.99. The molecule has 0 radical (unpaired) electrons. The molecule has 3 aromatic heterocycles. The van der Waals surface area contributed by atoms with E-state index in [1.165, 1.54) is 23.5 Å². The van der Waals surface area contributed by atoms with Crippen molar-refractivity contribution in [3.63, 3.8) is 0 Å². The van der Waals surface area contributed by atoms with Gasteiger partial charge in [0.05, 0.1) is 4.92 Å². The number of rotatable bonds is 4. The highest BCUT2D eigenvalue weighted by Gasteiger charge is 2.16. The largest absolute Gasteiger partial charge is 0.453 e. The van der Waals surface area contributed by atoms with Crippen LogP contribution < -0.4 is 0 Å². The SMILES string of the molecule is O=[N+]([O-])c1ccc(/C=C/c2nn3c(-c4cc5ccccc5o4)nnc3s2)cc1.